The number of rotatable bonds is 9. The predicted molar refractivity (Wildman–Crippen MR) is 128 cm³/mol. The molecule has 1 unspecified atom stereocenters. The number of amides is 1. The molecule has 2 N–H and O–H groups in total. The van der Waals surface area contributed by atoms with Gasteiger partial charge in [-0.25, -0.2) is 0 Å². The Kier molecular flexibility index (Phi) is 12.4. The van der Waals surface area contributed by atoms with Crippen molar-refractivity contribution in [2.24, 2.45) is 10.9 Å². The molecular formula is C21H42IN5O. The van der Waals surface area contributed by atoms with Gasteiger partial charge in [-0.05, 0) is 66.5 Å². The SMILES string of the molecule is CCNC(=NCCCCN(C)C(C)C)NC1CCN(C(=O)C2CCCC2)C1.I. The van der Waals surface area contributed by atoms with Crippen molar-refractivity contribution in [2.45, 2.75) is 77.8 Å². The first kappa shape index (κ1) is 25.5. The van der Waals surface area contributed by atoms with Crippen LogP contribution in [-0.4, -0.2) is 73.5 Å². The van der Waals surface area contributed by atoms with E-state index in [2.05, 4.69) is 48.3 Å². The van der Waals surface area contributed by atoms with Crippen LogP contribution in [0.25, 0.3) is 0 Å². The fourth-order valence-corrected chi connectivity index (χ4v) is 3.94. The van der Waals surface area contributed by atoms with Crippen molar-refractivity contribution in [3.05, 3.63) is 0 Å². The lowest BCUT2D eigenvalue weighted by Crippen LogP contribution is -2.45. The van der Waals surface area contributed by atoms with Crippen LogP contribution in [0.1, 0.15) is 65.7 Å². The van der Waals surface area contributed by atoms with Crippen LogP contribution >= 0.6 is 24.0 Å². The fraction of sp³-hybridized carbons (Fsp3) is 0.905. The highest BCUT2D eigenvalue weighted by molar-refractivity contribution is 14.0. The van der Waals surface area contributed by atoms with E-state index >= 15 is 0 Å². The number of nitrogens with one attached hydrogen (secondary N) is 2. The van der Waals surface area contributed by atoms with E-state index in [-0.39, 0.29) is 29.9 Å². The monoisotopic (exact) mass is 507 g/mol. The van der Waals surface area contributed by atoms with Crippen LogP contribution in [0.5, 0.6) is 0 Å². The van der Waals surface area contributed by atoms with Gasteiger partial charge in [0, 0.05) is 44.2 Å². The zero-order valence-corrected chi connectivity index (χ0v) is 20.7. The van der Waals surface area contributed by atoms with Crippen LogP contribution in [-0.2, 0) is 4.79 Å². The molecule has 7 heteroatoms. The van der Waals surface area contributed by atoms with Crippen molar-refractivity contribution in [3.8, 4) is 0 Å². The maximum absolute atomic E-state index is 12.6. The number of aliphatic imine (C=N–C) groups is 1. The highest BCUT2D eigenvalue weighted by Gasteiger charge is 2.32. The molecule has 1 atom stereocenters. The molecule has 0 aromatic carbocycles. The van der Waals surface area contributed by atoms with Gasteiger partial charge >= 0.3 is 0 Å². The van der Waals surface area contributed by atoms with Gasteiger partial charge in [-0.2, -0.15) is 0 Å². The molecule has 2 fully saturated rings. The Balaban J connectivity index is 0.00000392. The molecule has 2 rings (SSSR count). The third kappa shape index (κ3) is 8.43. The van der Waals surface area contributed by atoms with Gasteiger partial charge in [0.25, 0.3) is 0 Å². The number of carbonyl (C=O) groups excluding carboxylic acids is 1. The minimum atomic E-state index is 0. The Morgan fingerprint density at radius 3 is 2.57 bits per heavy atom. The summed E-state index contributed by atoms with van der Waals surface area (Å²) in [5.74, 6) is 1.57. The Labute approximate surface area is 189 Å². The van der Waals surface area contributed by atoms with E-state index in [9.17, 15) is 4.79 Å². The average molecular weight is 508 g/mol. The molecule has 0 aromatic rings. The molecule has 0 bridgehead atoms. The van der Waals surface area contributed by atoms with Crippen molar-refractivity contribution in [3.63, 3.8) is 0 Å². The average Bonchev–Trinajstić information content (AvgIpc) is 3.32. The third-order valence-electron chi connectivity index (χ3n) is 5.96. The molecule has 0 spiro atoms. The lowest BCUT2D eigenvalue weighted by Gasteiger charge is -2.21. The number of guanidine groups is 1. The van der Waals surface area contributed by atoms with E-state index in [1.807, 2.05) is 0 Å². The number of carbonyl (C=O) groups is 1. The summed E-state index contributed by atoms with van der Waals surface area (Å²) in [4.78, 5) is 21.8. The molecule has 1 aliphatic carbocycles. The number of nitrogens with zero attached hydrogens (tertiary/aromatic N) is 3. The smallest absolute Gasteiger partial charge is 0.225 e. The number of hydrogen-bond donors (Lipinski definition) is 2. The van der Waals surface area contributed by atoms with Crippen molar-refractivity contribution >= 4 is 35.8 Å². The third-order valence-corrected chi connectivity index (χ3v) is 5.96. The number of hydrogen-bond acceptors (Lipinski definition) is 3. The summed E-state index contributed by atoms with van der Waals surface area (Å²) in [5.41, 5.74) is 0. The van der Waals surface area contributed by atoms with E-state index in [4.69, 9.17) is 4.99 Å². The maximum Gasteiger partial charge on any atom is 0.225 e. The van der Waals surface area contributed by atoms with Crippen LogP contribution in [0, 0.1) is 5.92 Å². The van der Waals surface area contributed by atoms with Gasteiger partial charge in [0.1, 0.15) is 0 Å². The van der Waals surface area contributed by atoms with Crippen molar-refractivity contribution in [1.82, 2.24) is 20.4 Å². The Hall–Kier alpha value is -0.570. The van der Waals surface area contributed by atoms with Crippen LogP contribution in [0.15, 0.2) is 4.99 Å². The van der Waals surface area contributed by atoms with Crippen LogP contribution < -0.4 is 10.6 Å². The second-order valence-electron chi connectivity index (χ2n) is 8.44. The Morgan fingerprint density at radius 1 is 1.21 bits per heavy atom. The molecular weight excluding hydrogens is 465 g/mol. The van der Waals surface area contributed by atoms with E-state index in [0.717, 1.165) is 64.4 Å². The summed E-state index contributed by atoms with van der Waals surface area (Å²) >= 11 is 0. The van der Waals surface area contributed by atoms with E-state index < -0.39 is 0 Å². The second-order valence-corrected chi connectivity index (χ2v) is 8.44. The summed E-state index contributed by atoms with van der Waals surface area (Å²) in [6.45, 7) is 11.1. The van der Waals surface area contributed by atoms with Gasteiger partial charge in [0.2, 0.25) is 5.91 Å². The topological polar surface area (TPSA) is 60.0 Å². The number of halogens is 1. The first-order chi connectivity index (χ1) is 13.0. The number of likely N-dealkylation sites (tertiary alicyclic amines) is 1. The predicted octanol–water partition coefficient (Wildman–Crippen LogP) is 3.07. The zero-order chi connectivity index (χ0) is 19.6. The molecule has 1 saturated heterocycles. The fourth-order valence-electron chi connectivity index (χ4n) is 3.94. The van der Waals surface area contributed by atoms with Gasteiger partial charge in [-0.15, -0.1) is 24.0 Å². The van der Waals surface area contributed by atoms with Crippen molar-refractivity contribution in [2.75, 3.05) is 39.8 Å². The van der Waals surface area contributed by atoms with Gasteiger partial charge in [0.15, 0.2) is 5.96 Å². The second kappa shape index (κ2) is 13.6. The Bertz CT molecular complexity index is 479. The lowest BCUT2D eigenvalue weighted by molar-refractivity contribution is -0.134. The Morgan fingerprint density at radius 2 is 1.93 bits per heavy atom. The van der Waals surface area contributed by atoms with E-state index in [1.165, 1.54) is 19.3 Å². The minimum absolute atomic E-state index is 0. The maximum atomic E-state index is 12.6. The highest BCUT2D eigenvalue weighted by atomic mass is 127. The summed E-state index contributed by atoms with van der Waals surface area (Å²) in [6.07, 6.45) is 7.90. The lowest BCUT2D eigenvalue weighted by atomic mass is 10.1. The van der Waals surface area contributed by atoms with E-state index in [1.54, 1.807) is 0 Å². The van der Waals surface area contributed by atoms with E-state index in [0.29, 0.717) is 18.0 Å². The molecule has 1 saturated carbocycles. The molecule has 6 nitrogen and oxygen atoms in total. The van der Waals surface area contributed by atoms with Gasteiger partial charge < -0.3 is 20.4 Å². The summed E-state index contributed by atoms with van der Waals surface area (Å²) in [5, 5.41) is 6.90. The molecule has 0 radical (unpaired) electrons. The molecule has 1 aliphatic heterocycles. The molecule has 0 aromatic heterocycles. The van der Waals surface area contributed by atoms with Crippen molar-refractivity contribution in [1.29, 1.82) is 0 Å². The first-order valence-electron chi connectivity index (χ1n) is 11.0. The molecule has 1 heterocycles. The highest BCUT2D eigenvalue weighted by Crippen LogP contribution is 2.27. The largest absolute Gasteiger partial charge is 0.357 e. The normalized spacial score (nSPS) is 20.7. The summed E-state index contributed by atoms with van der Waals surface area (Å²) in [6, 6.07) is 0.921. The molecule has 164 valence electrons. The number of unbranched alkanes of at least 4 members (excludes halogenated alkanes) is 1. The van der Waals surface area contributed by atoms with Gasteiger partial charge in [-0.3, -0.25) is 9.79 Å². The standard InChI is InChI=1S/C21H41N5O.HI/c1-5-22-21(23-13-8-9-14-25(4)17(2)3)24-19-12-15-26(16-19)20(27)18-10-6-7-11-18;/h17-19H,5-16H2,1-4H3,(H2,22,23,24);1H. The molecule has 1 amide bonds. The zero-order valence-electron chi connectivity index (χ0n) is 18.4. The van der Waals surface area contributed by atoms with Crippen LogP contribution in [0.4, 0.5) is 0 Å². The minimum Gasteiger partial charge on any atom is -0.357 e. The quantitative estimate of drug-likeness (QED) is 0.218. The summed E-state index contributed by atoms with van der Waals surface area (Å²) < 4.78 is 0. The van der Waals surface area contributed by atoms with Crippen molar-refractivity contribution < 1.29 is 4.79 Å². The first-order valence-corrected chi connectivity index (χ1v) is 11.0. The van der Waals surface area contributed by atoms with Gasteiger partial charge in [0.05, 0.1) is 0 Å². The van der Waals surface area contributed by atoms with Crippen LogP contribution in [0.2, 0.25) is 0 Å². The van der Waals surface area contributed by atoms with Gasteiger partial charge in [-0.1, -0.05) is 12.8 Å². The van der Waals surface area contributed by atoms with Crippen LogP contribution in [0.3, 0.4) is 0 Å². The molecule has 28 heavy (non-hydrogen) atoms. The molecule has 2 aliphatic rings. The summed E-state index contributed by atoms with van der Waals surface area (Å²) in [7, 11) is 2.18.